The molecular weight excluding hydrogens is 352 g/mol. The maximum atomic E-state index is 12.6. The van der Waals surface area contributed by atoms with E-state index in [9.17, 15) is 9.59 Å². The summed E-state index contributed by atoms with van der Waals surface area (Å²) in [7, 11) is 0. The normalized spacial score (nSPS) is 19.4. The van der Waals surface area contributed by atoms with Crippen molar-refractivity contribution in [2.24, 2.45) is 0 Å². The molecule has 2 amide bonds. The molecule has 0 aliphatic carbocycles. The van der Waals surface area contributed by atoms with Crippen LogP contribution in [0.4, 0.5) is 0 Å². The van der Waals surface area contributed by atoms with E-state index in [1.54, 1.807) is 10.7 Å². The summed E-state index contributed by atoms with van der Waals surface area (Å²) in [6.45, 7) is 3.35. The summed E-state index contributed by atoms with van der Waals surface area (Å²) in [5.74, 6) is 0.0499. The molecule has 0 bridgehead atoms. The molecule has 4 heterocycles. The second-order valence-electron chi connectivity index (χ2n) is 6.97. The van der Waals surface area contributed by atoms with Crippen LogP contribution in [0.3, 0.4) is 0 Å². The van der Waals surface area contributed by atoms with E-state index in [0.717, 1.165) is 12.8 Å². The summed E-state index contributed by atoms with van der Waals surface area (Å²) in [6, 6.07) is 1.68. The van der Waals surface area contributed by atoms with Crippen molar-refractivity contribution in [1.82, 2.24) is 30.0 Å². The number of carbonyl (C=O) groups is 2. The molecule has 10 heteroatoms. The zero-order chi connectivity index (χ0) is 18.7. The van der Waals surface area contributed by atoms with Crippen LogP contribution in [0.1, 0.15) is 29.6 Å². The van der Waals surface area contributed by atoms with Crippen LogP contribution >= 0.6 is 0 Å². The lowest BCUT2D eigenvalue weighted by molar-refractivity contribution is -0.147. The van der Waals surface area contributed by atoms with Crippen molar-refractivity contribution >= 4 is 11.8 Å². The van der Waals surface area contributed by atoms with Crippen molar-refractivity contribution < 1.29 is 18.7 Å². The van der Waals surface area contributed by atoms with Gasteiger partial charge in [0.25, 0.3) is 5.91 Å². The number of nitrogens with zero attached hydrogens (tertiary/aromatic N) is 6. The second-order valence-corrected chi connectivity index (χ2v) is 6.97. The molecule has 0 atom stereocenters. The first-order valence-corrected chi connectivity index (χ1v) is 9.09. The Morgan fingerprint density at radius 2 is 2.04 bits per heavy atom. The van der Waals surface area contributed by atoms with E-state index in [2.05, 4.69) is 15.5 Å². The van der Waals surface area contributed by atoms with E-state index in [1.165, 1.54) is 18.9 Å². The van der Waals surface area contributed by atoms with Gasteiger partial charge in [-0.1, -0.05) is 0 Å². The van der Waals surface area contributed by atoms with Gasteiger partial charge in [0.2, 0.25) is 5.91 Å². The molecule has 0 radical (unpaired) electrons. The molecule has 2 saturated heterocycles. The summed E-state index contributed by atoms with van der Waals surface area (Å²) in [5.41, 5.74) is 0.187. The minimum atomic E-state index is -0.371. The van der Waals surface area contributed by atoms with E-state index in [0.29, 0.717) is 51.3 Å². The number of piperidine rings is 1. The molecule has 2 fully saturated rings. The largest absolute Gasteiger partial charge is 0.472 e. The van der Waals surface area contributed by atoms with E-state index >= 15 is 0 Å². The number of amides is 2. The molecule has 0 N–H and O–H groups in total. The first-order chi connectivity index (χ1) is 13.2. The van der Waals surface area contributed by atoms with Gasteiger partial charge >= 0.3 is 0 Å². The van der Waals surface area contributed by atoms with Gasteiger partial charge in [-0.05, 0) is 29.3 Å². The quantitative estimate of drug-likeness (QED) is 0.752. The minimum Gasteiger partial charge on any atom is -0.472 e. The monoisotopic (exact) mass is 374 g/mol. The third kappa shape index (κ3) is 3.85. The minimum absolute atomic E-state index is 0.0358. The van der Waals surface area contributed by atoms with Crippen molar-refractivity contribution in [3.05, 3.63) is 30.5 Å². The van der Waals surface area contributed by atoms with Gasteiger partial charge in [0.05, 0.1) is 37.1 Å². The molecule has 2 aliphatic heterocycles. The van der Waals surface area contributed by atoms with Crippen molar-refractivity contribution in [3.8, 4) is 0 Å². The van der Waals surface area contributed by atoms with Crippen LogP contribution in [0.15, 0.2) is 29.3 Å². The number of carbonyl (C=O) groups excluding carboxylic acids is 2. The van der Waals surface area contributed by atoms with Gasteiger partial charge < -0.3 is 19.0 Å². The average molecular weight is 374 g/mol. The number of tetrazole rings is 1. The third-order valence-corrected chi connectivity index (χ3v) is 5.28. The van der Waals surface area contributed by atoms with E-state index in [4.69, 9.17) is 9.15 Å². The zero-order valence-corrected chi connectivity index (χ0v) is 15.0. The summed E-state index contributed by atoms with van der Waals surface area (Å²) in [6.07, 6.45) is 6.28. The van der Waals surface area contributed by atoms with Crippen molar-refractivity contribution in [2.45, 2.75) is 31.4 Å². The first kappa shape index (κ1) is 17.7. The number of aromatic nitrogens is 4. The lowest BCUT2D eigenvalue weighted by Gasteiger charge is -2.47. The number of aryl methyl sites for hydroxylation is 1. The third-order valence-electron chi connectivity index (χ3n) is 5.28. The van der Waals surface area contributed by atoms with Gasteiger partial charge in [0.1, 0.15) is 12.6 Å². The molecule has 2 aromatic rings. The summed E-state index contributed by atoms with van der Waals surface area (Å²) < 4.78 is 12.6. The fourth-order valence-electron chi connectivity index (χ4n) is 3.70. The zero-order valence-electron chi connectivity index (χ0n) is 15.0. The van der Waals surface area contributed by atoms with Gasteiger partial charge in [-0.3, -0.25) is 9.59 Å². The number of hydrogen-bond acceptors (Lipinski definition) is 7. The lowest BCUT2D eigenvalue weighted by Crippen LogP contribution is -2.58. The molecule has 2 aliphatic rings. The van der Waals surface area contributed by atoms with Crippen molar-refractivity contribution in [1.29, 1.82) is 0 Å². The number of furan rings is 1. The van der Waals surface area contributed by atoms with Gasteiger partial charge in [-0.25, -0.2) is 4.68 Å². The number of rotatable bonds is 4. The highest BCUT2D eigenvalue weighted by molar-refractivity contribution is 5.93. The molecule has 0 aromatic carbocycles. The molecule has 144 valence electrons. The smallest absolute Gasteiger partial charge is 0.257 e. The Morgan fingerprint density at radius 3 is 2.74 bits per heavy atom. The highest BCUT2D eigenvalue weighted by Crippen LogP contribution is 2.31. The van der Waals surface area contributed by atoms with Crippen molar-refractivity contribution in [2.75, 3.05) is 32.8 Å². The van der Waals surface area contributed by atoms with Gasteiger partial charge in [0.15, 0.2) is 0 Å². The van der Waals surface area contributed by atoms with Gasteiger partial charge in [-0.2, -0.15) is 0 Å². The van der Waals surface area contributed by atoms with Crippen LogP contribution in [0.2, 0.25) is 0 Å². The molecule has 2 aromatic heterocycles. The molecule has 0 unspecified atom stereocenters. The first-order valence-electron chi connectivity index (χ1n) is 9.09. The standard InChI is InChI=1S/C17H22N6O4/c24-15(1-5-23-13-18-19-20-23)21-6-3-17(4-7-21)12-22(8-10-27-17)16(25)14-2-9-26-11-14/h2,9,11,13H,1,3-8,10,12H2. The molecule has 27 heavy (non-hydrogen) atoms. The Morgan fingerprint density at radius 1 is 1.19 bits per heavy atom. The highest BCUT2D eigenvalue weighted by atomic mass is 16.5. The Hall–Kier alpha value is -2.75. The maximum Gasteiger partial charge on any atom is 0.257 e. The number of ether oxygens (including phenoxy) is 1. The van der Waals surface area contributed by atoms with Crippen molar-refractivity contribution in [3.63, 3.8) is 0 Å². The summed E-state index contributed by atoms with van der Waals surface area (Å²) in [5, 5.41) is 10.9. The Kier molecular flexibility index (Phi) is 4.88. The predicted octanol–water partition coefficient (Wildman–Crippen LogP) is 0.190. The fraction of sp³-hybridized carbons (Fsp3) is 0.588. The van der Waals surface area contributed by atoms with Crippen LogP contribution < -0.4 is 0 Å². The molecule has 1 spiro atoms. The Labute approximate surface area is 156 Å². The fourth-order valence-corrected chi connectivity index (χ4v) is 3.70. The van der Waals surface area contributed by atoms with Crippen LogP contribution in [0.25, 0.3) is 0 Å². The molecule has 0 saturated carbocycles. The Bertz CT molecular complexity index is 767. The number of likely N-dealkylation sites (tertiary alicyclic amines) is 1. The van der Waals surface area contributed by atoms with E-state index in [1.807, 2.05) is 9.80 Å². The van der Waals surface area contributed by atoms with Crippen LogP contribution in [-0.4, -0.2) is 80.2 Å². The van der Waals surface area contributed by atoms with Gasteiger partial charge in [-0.15, -0.1) is 5.10 Å². The molecule has 10 nitrogen and oxygen atoms in total. The van der Waals surface area contributed by atoms with Crippen LogP contribution in [-0.2, 0) is 16.1 Å². The average Bonchev–Trinajstić information content (AvgIpc) is 3.40. The summed E-state index contributed by atoms with van der Waals surface area (Å²) >= 11 is 0. The second kappa shape index (κ2) is 7.47. The Balaban J connectivity index is 1.31. The van der Waals surface area contributed by atoms with Crippen LogP contribution in [0, 0.1) is 0 Å². The van der Waals surface area contributed by atoms with Gasteiger partial charge in [0, 0.05) is 26.1 Å². The SMILES string of the molecule is O=C(CCn1cnnn1)N1CCC2(CC1)CN(C(=O)c1ccoc1)CCO2. The van der Waals surface area contributed by atoms with E-state index in [-0.39, 0.29) is 17.4 Å². The number of morpholine rings is 1. The maximum absolute atomic E-state index is 12.6. The predicted molar refractivity (Wildman–Crippen MR) is 91.5 cm³/mol. The number of hydrogen-bond donors (Lipinski definition) is 0. The lowest BCUT2D eigenvalue weighted by atomic mass is 9.89. The molecule has 4 rings (SSSR count). The summed E-state index contributed by atoms with van der Waals surface area (Å²) in [4.78, 5) is 28.7. The topological polar surface area (TPSA) is 107 Å². The van der Waals surface area contributed by atoms with Crippen LogP contribution in [0.5, 0.6) is 0 Å². The van der Waals surface area contributed by atoms with E-state index < -0.39 is 0 Å². The molecular formula is C17H22N6O4. The highest BCUT2D eigenvalue weighted by Gasteiger charge is 2.41.